The van der Waals surface area contributed by atoms with Gasteiger partial charge in [-0.2, -0.15) is 0 Å². The summed E-state index contributed by atoms with van der Waals surface area (Å²) in [5.41, 5.74) is 0.877. The summed E-state index contributed by atoms with van der Waals surface area (Å²) in [6.45, 7) is 3.63. The van der Waals surface area contributed by atoms with Gasteiger partial charge in [-0.3, -0.25) is 4.79 Å². The Bertz CT molecular complexity index is 637. The molecule has 0 aliphatic carbocycles. The number of anilines is 1. The van der Waals surface area contributed by atoms with Crippen LogP contribution in [0.25, 0.3) is 5.69 Å². The van der Waals surface area contributed by atoms with Gasteiger partial charge in [-0.25, -0.2) is 9.37 Å². The average molecular weight is 288 g/mol. The minimum Gasteiger partial charge on any atom is -0.326 e. The second-order valence-corrected chi connectivity index (χ2v) is 5.33. The van der Waals surface area contributed by atoms with E-state index in [1.54, 1.807) is 29.1 Å². The fourth-order valence-corrected chi connectivity index (χ4v) is 2.33. The van der Waals surface area contributed by atoms with Crippen molar-refractivity contribution in [1.29, 1.82) is 0 Å². The van der Waals surface area contributed by atoms with E-state index in [4.69, 9.17) is 0 Å². The molecule has 1 atom stereocenters. The van der Waals surface area contributed by atoms with Crippen molar-refractivity contribution in [3.05, 3.63) is 42.7 Å². The van der Waals surface area contributed by atoms with Crippen LogP contribution in [0, 0.1) is 17.7 Å². The molecule has 0 saturated carbocycles. The molecule has 110 valence electrons. The predicted molar refractivity (Wildman–Crippen MR) is 77.7 cm³/mol. The Balaban J connectivity index is 1.71. The standard InChI is InChI=1S/C15H17FN4O/c1-10(11-7-18-8-11)15(21)19-12-2-3-14(13(16)6-12)20-5-4-17-9-20/h2-6,9-11,18H,7-8H2,1H3,(H,19,21). The van der Waals surface area contributed by atoms with Crippen molar-refractivity contribution in [2.45, 2.75) is 6.92 Å². The lowest BCUT2D eigenvalue weighted by Gasteiger charge is -2.31. The van der Waals surface area contributed by atoms with E-state index in [-0.39, 0.29) is 11.8 Å². The van der Waals surface area contributed by atoms with Crippen molar-refractivity contribution in [2.24, 2.45) is 11.8 Å². The number of carbonyl (C=O) groups is 1. The summed E-state index contributed by atoms with van der Waals surface area (Å²) >= 11 is 0. The molecule has 2 heterocycles. The second-order valence-electron chi connectivity index (χ2n) is 5.33. The van der Waals surface area contributed by atoms with Crippen molar-refractivity contribution in [2.75, 3.05) is 18.4 Å². The fourth-order valence-electron chi connectivity index (χ4n) is 2.33. The number of nitrogens with zero attached hydrogens (tertiary/aromatic N) is 2. The highest BCUT2D eigenvalue weighted by Crippen LogP contribution is 2.21. The number of amides is 1. The molecular formula is C15H17FN4O. The fraction of sp³-hybridized carbons (Fsp3) is 0.333. The summed E-state index contributed by atoms with van der Waals surface area (Å²) in [6.07, 6.45) is 4.79. The van der Waals surface area contributed by atoms with E-state index in [0.717, 1.165) is 13.1 Å². The van der Waals surface area contributed by atoms with Gasteiger partial charge in [0.2, 0.25) is 5.91 Å². The molecule has 3 rings (SSSR count). The van der Waals surface area contributed by atoms with Gasteiger partial charge in [0.1, 0.15) is 5.82 Å². The molecule has 1 amide bonds. The molecule has 1 aromatic heterocycles. The minimum absolute atomic E-state index is 0.0729. The Labute approximate surface area is 122 Å². The summed E-state index contributed by atoms with van der Waals surface area (Å²) < 4.78 is 15.7. The first kappa shape index (κ1) is 13.8. The van der Waals surface area contributed by atoms with Crippen molar-refractivity contribution < 1.29 is 9.18 Å². The third-order valence-corrected chi connectivity index (χ3v) is 3.93. The first-order chi connectivity index (χ1) is 10.1. The Morgan fingerprint density at radius 3 is 2.90 bits per heavy atom. The van der Waals surface area contributed by atoms with Crippen LogP contribution in [0.3, 0.4) is 0 Å². The highest BCUT2D eigenvalue weighted by atomic mass is 19.1. The number of nitrogens with one attached hydrogen (secondary N) is 2. The molecule has 21 heavy (non-hydrogen) atoms. The zero-order valence-electron chi connectivity index (χ0n) is 11.7. The SMILES string of the molecule is CC(C(=O)Nc1ccc(-n2ccnc2)c(F)c1)C1CNC1. The average Bonchev–Trinajstić information content (AvgIpc) is 2.90. The predicted octanol–water partition coefficient (Wildman–Crippen LogP) is 1.81. The van der Waals surface area contributed by atoms with Crippen LogP contribution < -0.4 is 10.6 Å². The Hall–Kier alpha value is -2.21. The maximum Gasteiger partial charge on any atom is 0.227 e. The van der Waals surface area contributed by atoms with Gasteiger partial charge in [0.15, 0.2) is 0 Å². The van der Waals surface area contributed by atoms with E-state index >= 15 is 0 Å². The maximum atomic E-state index is 14.1. The van der Waals surface area contributed by atoms with Gasteiger partial charge in [0.05, 0.1) is 12.0 Å². The first-order valence-corrected chi connectivity index (χ1v) is 6.94. The topological polar surface area (TPSA) is 59.0 Å². The monoisotopic (exact) mass is 288 g/mol. The summed E-state index contributed by atoms with van der Waals surface area (Å²) in [4.78, 5) is 16.0. The van der Waals surface area contributed by atoms with Gasteiger partial charge in [-0.05, 0) is 37.2 Å². The van der Waals surface area contributed by atoms with Gasteiger partial charge in [-0.1, -0.05) is 6.92 Å². The number of benzene rings is 1. The van der Waals surface area contributed by atoms with E-state index in [1.807, 2.05) is 6.92 Å². The molecular weight excluding hydrogens is 271 g/mol. The molecule has 0 spiro atoms. The summed E-state index contributed by atoms with van der Waals surface area (Å²) in [7, 11) is 0. The van der Waals surface area contributed by atoms with Gasteiger partial charge < -0.3 is 15.2 Å². The molecule has 0 radical (unpaired) electrons. The number of carbonyl (C=O) groups excluding carboxylic acids is 1. The van der Waals surface area contributed by atoms with Crippen LogP contribution >= 0.6 is 0 Å². The van der Waals surface area contributed by atoms with Gasteiger partial charge in [-0.15, -0.1) is 0 Å². The highest BCUT2D eigenvalue weighted by molar-refractivity contribution is 5.92. The van der Waals surface area contributed by atoms with Crippen molar-refractivity contribution in [3.8, 4) is 5.69 Å². The number of rotatable bonds is 4. The number of hydrogen-bond acceptors (Lipinski definition) is 3. The van der Waals surface area contributed by atoms with E-state index in [0.29, 0.717) is 17.3 Å². The Kier molecular flexibility index (Phi) is 3.70. The highest BCUT2D eigenvalue weighted by Gasteiger charge is 2.28. The van der Waals surface area contributed by atoms with Gasteiger partial charge >= 0.3 is 0 Å². The molecule has 5 nitrogen and oxygen atoms in total. The smallest absolute Gasteiger partial charge is 0.227 e. The zero-order chi connectivity index (χ0) is 14.8. The second kappa shape index (κ2) is 5.65. The first-order valence-electron chi connectivity index (χ1n) is 6.94. The third kappa shape index (κ3) is 2.80. The molecule has 6 heteroatoms. The molecule has 2 N–H and O–H groups in total. The van der Waals surface area contributed by atoms with Crippen LogP contribution in [0.1, 0.15) is 6.92 Å². The van der Waals surface area contributed by atoms with E-state index in [2.05, 4.69) is 15.6 Å². The number of aromatic nitrogens is 2. The summed E-state index contributed by atoms with van der Waals surface area (Å²) in [5, 5.41) is 5.92. The molecule has 1 fully saturated rings. The van der Waals surface area contributed by atoms with Crippen molar-refractivity contribution in [1.82, 2.24) is 14.9 Å². The number of hydrogen-bond donors (Lipinski definition) is 2. The molecule has 1 saturated heterocycles. The largest absolute Gasteiger partial charge is 0.326 e. The Morgan fingerprint density at radius 2 is 2.33 bits per heavy atom. The Morgan fingerprint density at radius 1 is 1.52 bits per heavy atom. The minimum atomic E-state index is -0.399. The van der Waals surface area contributed by atoms with E-state index in [9.17, 15) is 9.18 Å². The van der Waals surface area contributed by atoms with Crippen LogP contribution in [0.15, 0.2) is 36.9 Å². The molecule has 0 bridgehead atoms. The normalized spacial score (nSPS) is 16.3. The van der Waals surface area contributed by atoms with Crippen LogP contribution in [-0.4, -0.2) is 28.5 Å². The lowest BCUT2D eigenvalue weighted by molar-refractivity contribution is -0.121. The zero-order valence-corrected chi connectivity index (χ0v) is 11.7. The molecule has 2 aromatic rings. The quantitative estimate of drug-likeness (QED) is 0.902. The van der Waals surface area contributed by atoms with Crippen LogP contribution in [0.4, 0.5) is 10.1 Å². The van der Waals surface area contributed by atoms with Crippen molar-refractivity contribution in [3.63, 3.8) is 0 Å². The summed E-state index contributed by atoms with van der Waals surface area (Å²) in [5.74, 6) is -0.192. The van der Waals surface area contributed by atoms with Crippen LogP contribution in [-0.2, 0) is 4.79 Å². The molecule has 1 aliphatic rings. The van der Waals surface area contributed by atoms with Crippen LogP contribution in [0.5, 0.6) is 0 Å². The lowest BCUT2D eigenvalue weighted by atomic mass is 9.88. The molecule has 1 aliphatic heterocycles. The van der Waals surface area contributed by atoms with Crippen LogP contribution in [0.2, 0.25) is 0 Å². The maximum absolute atomic E-state index is 14.1. The number of imidazole rings is 1. The molecule has 1 unspecified atom stereocenters. The molecule has 1 aromatic carbocycles. The summed E-state index contributed by atoms with van der Waals surface area (Å²) in [6, 6.07) is 4.66. The number of halogens is 1. The lowest BCUT2D eigenvalue weighted by Crippen LogP contribution is -2.48. The van der Waals surface area contributed by atoms with Crippen molar-refractivity contribution >= 4 is 11.6 Å². The van der Waals surface area contributed by atoms with Gasteiger partial charge in [0.25, 0.3) is 0 Å². The van der Waals surface area contributed by atoms with E-state index in [1.165, 1.54) is 12.4 Å². The van der Waals surface area contributed by atoms with Gasteiger partial charge in [0, 0.05) is 24.0 Å². The third-order valence-electron chi connectivity index (χ3n) is 3.93. The van der Waals surface area contributed by atoms with E-state index < -0.39 is 5.82 Å².